The third-order valence-corrected chi connectivity index (χ3v) is 17.5. The van der Waals surface area contributed by atoms with E-state index in [4.69, 9.17) is 15.1 Å². The highest BCUT2D eigenvalue weighted by Crippen LogP contribution is 2.37. The van der Waals surface area contributed by atoms with Gasteiger partial charge in [0.25, 0.3) is 0 Å². The first-order chi connectivity index (χ1) is 43.2. The number of hydrogen-bond donors (Lipinski definition) is 4. The number of anilines is 3. The number of hydrogen-bond acceptors (Lipinski definition) is 20. The number of para-hydroxylation sites is 2. The van der Waals surface area contributed by atoms with Crippen molar-refractivity contribution >= 4 is 97.7 Å². The van der Waals surface area contributed by atoms with Gasteiger partial charge >= 0.3 is 6.18 Å². The number of nitriles is 3. The lowest BCUT2D eigenvalue weighted by Gasteiger charge is -2.32. The number of pyridine rings is 1. The molecule has 0 fully saturated rings. The smallest absolute Gasteiger partial charge is 0.354 e. The predicted molar refractivity (Wildman–Crippen MR) is 337 cm³/mol. The van der Waals surface area contributed by atoms with Crippen molar-refractivity contribution in [3.05, 3.63) is 209 Å². The monoisotopic (exact) mass is 1270 g/mol. The summed E-state index contributed by atoms with van der Waals surface area (Å²) in [4.78, 5) is 41.8. The maximum absolute atomic E-state index is 13.0. The van der Waals surface area contributed by atoms with Gasteiger partial charge in [-0.05, 0) is 115 Å². The van der Waals surface area contributed by atoms with Crippen LogP contribution in [0.1, 0.15) is 62.8 Å². The van der Waals surface area contributed by atoms with E-state index in [1.54, 1.807) is 60.4 Å². The Bertz CT molecular complexity index is 4440. The number of nitrogens with zero attached hydrogens (tertiary/aromatic N) is 15. The molecule has 3 unspecified atom stereocenters. The second kappa shape index (κ2) is 29.0. The Balaban J connectivity index is 0.000000148. The number of alkyl halides is 3. The molecule has 0 bridgehead atoms. The molecular weight excluding hydrogens is 1220 g/mol. The van der Waals surface area contributed by atoms with Gasteiger partial charge in [0.15, 0.2) is 5.13 Å². The van der Waals surface area contributed by atoms with Crippen molar-refractivity contribution in [2.75, 3.05) is 35.2 Å². The molecule has 1 aliphatic heterocycles. The van der Waals surface area contributed by atoms with E-state index in [2.05, 4.69) is 80.2 Å². The number of aromatic nitrogens is 10. The summed E-state index contributed by atoms with van der Waals surface area (Å²) < 4.78 is 66.2. The van der Waals surface area contributed by atoms with Gasteiger partial charge in [0.1, 0.15) is 21.9 Å². The van der Waals surface area contributed by atoms with Gasteiger partial charge in [-0.15, -0.1) is 22.7 Å². The minimum absolute atomic E-state index is 0.0811. The second-order valence-corrected chi connectivity index (χ2v) is 24.2. The Hall–Kier alpha value is -10.2. The molecule has 0 aliphatic carbocycles. The van der Waals surface area contributed by atoms with Crippen LogP contribution in [0.25, 0.3) is 30.6 Å². The van der Waals surface area contributed by atoms with Crippen LogP contribution >= 0.6 is 34.0 Å². The first kappa shape index (κ1) is 61.9. The van der Waals surface area contributed by atoms with Gasteiger partial charge < -0.3 is 16.0 Å². The first-order valence-electron chi connectivity index (χ1n) is 27.5. The van der Waals surface area contributed by atoms with Crippen LogP contribution in [0.2, 0.25) is 0 Å². The topological polar surface area (TPSA) is 304 Å². The fourth-order valence-electron chi connectivity index (χ4n) is 8.99. The minimum atomic E-state index is -4.45. The Morgan fingerprint density at radius 1 is 0.697 bits per heavy atom. The van der Waals surface area contributed by atoms with Crippen LogP contribution in [0.4, 0.5) is 30.2 Å². The summed E-state index contributed by atoms with van der Waals surface area (Å²) in [6.07, 6.45) is 12.4. The van der Waals surface area contributed by atoms with Crippen molar-refractivity contribution < 1.29 is 21.6 Å². The average molecular weight is 1270 g/mol. The van der Waals surface area contributed by atoms with Crippen LogP contribution in [0.5, 0.6) is 0 Å². The minimum Gasteiger partial charge on any atom is -0.354 e. The zero-order valence-corrected chi connectivity index (χ0v) is 50.2. The fourth-order valence-corrected chi connectivity index (χ4v) is 12.6. The zero-order chi connectivity index (χ0) is 62.2. The van der Waals surface area contributed by atoms with Gasteiger partial charge in [0.05, 0.1) is 83.2 Å². The number of aliphatic imine (C=N–C) groups is 1. The molecule has 28 heteroatoms. The van der Waals surface area contributed by atoms with E-state index in [9.17, 15) is 37.4 Å². The number of nitrogens with one attached hydrogen (secondary N) is 3. The van der Waals surface area contributed by atoms with Crippen molar-refractivity contribution in [1.82, 2.24) is 55.0 Å². The summed E-state index contributed by atoms with van der Waals surface area (Å²) >= 11 is 4.27. The molecular formula is C61H52F3N19O2S4. The molecule has 5 N–H and O–H groups in total. The van der Waals surface area contributed by atoms with E-state index < -0.39 is 33.6 Å². The van der Waals surface area contributed by atoms with Crippen LogP contribution in [0.3, 0.4) is 0 Å². The van der Waals surface area contributed by atoms with Crippen molar-refractivity contribution in [1.29, 1.82) is 15.8 Å². The van der Waals surface area contributed by atoms with Crippen molar-refractivity contribution in [2.45, 2.75) is 61.2 Å². The molecule has 89 heavy (non-hydrogen) atoms. The lowest BCUT2D eigenvalue weighted by atomic mass is 10.1. The van der Waals surface area contributed by atoms with Gasteiger partial charge in [0.2, 0.25) is 27.9 Å². The number of thiazole rings is 3. The highest BCUT2D eigenvalue weighted by molar-refractivity contribution is 7.89. The Morgan fingerprint density at radius 3 is 1.91 bits per heavy atom. The van der Waals surface area contributed by atoms with Crippen LogP contribution in [0.15, 0.2) is 181 Å². The van der Waals surface area contributed by atoms with Gasteiger partial charge in [0, 0.05) is 69.6 Å². The molecule has 448 valence electrons. The molecule has 4 aromatic carbocycles. The number of sulfonamides is 1. The van der Waals surface area contributed by atoms with E-state index in [0.717, 1.165) is 74.2 Å². The van der Waals surface area contributed by atoms with Crippen molar-refractivity contribution in [3.63, 3.8) is 0 Å². The summed E-state index contributed by atoms with van der Waals surface area (Å²) in [5.41, 5.74) is 4.28. The summed E-state index contributed by atoms with van der Waals surface area (Å²) in [7, 11) is -3.70. The van der Waals surface area contributed by atoms with E-state index in [1.165, 1.54) is 47.1 Å². The first-order valence-corrected chi connectivity index (χ1v) is 31.5. The van der Waals surface area contributed by atoms with Crippen molar-refractivity contribution in [2.24, 2.45) is 10.1 Å². The van der Waals surface area contributed by atoms with Crippen LogP contribution in [-0.2, 0) is 35.6 Å². The molecule has 0 saturated heterocycles. The number of rotatable bonds is 19. The molecule has 21 nitrogen and oxygen atoms in total. The summed E-state index contributed by atoms with van der Waals surface area (Å²) in [6, 6.07) is 41.3. The maximum Gasteiger partial charge on any atom is 0.416 e. The molecule has 8 heterocycles. The number of benzene rings is 4. The van der Waals surface area contributed by atoms with E-state index in [0.29, 0.717) is 70.5 Å². The van der Waals surface area contributed by atoms with Gasteiger partial charge in [-0.2, -0.15) is 34.1 Å². The molecule has 7 aromatic heterocycles. The normalized spacial score (nSPS) is 14.1. The Morgan fingerprint density at radius 2 is 1.33 bits per heavy atom. The number of halogens is 3. The fraction of sp³-hybridized carbons (Fsp3) is 0.197. The number of guanidine groups is 1. The Labute approximate surface area is 520 Å². The molecule has 11 aromatic rings. The molecule has 0 radical (unpaired) electrons. The third-order valence-electron chi connectivity index (χ3n) is 13.4. The average Bonchev–Trinajstić information content (AvgIpc) is 2.76. The lowest BCUT2D eigenvalue weighted by molar-refractivity contribution is -0.137. The van der Waals surface area contributed by atoms with Crippen LogP contribution in [-0.4, -0.2) is 89.7 Å². The number of nitrogens with two attached hydrogens (primary N) is 1. The largest absolute Gasteiger partial charge is 0.416 e. The van der Waals surface area contributed by atoms with Gasteiger partial charge in [-0.25, -0.2) is 48.4 Å². The molecule has 0 amide bonds. The predicted octanol–water partition coefficient (Wildman–Crippen LogP) is 11.0. The highest BCUT2D eigenvalue weighted by Gasteiger charge is 2.32. The summed E-state index contributed by atoms with van der Waals surface area (Å²) in [6.45, 7) is 2.60. The van der Waals surface area contributed by atoms with Gasteiger partial charge in [-0.3, -0.25) is 19.6 Å². The van der Waals surface area contributed by atoms with Crippen molar-refractivity contribution in [3.8, 4) is 18.2 Å². The molecule has 12 rings (SSSR count). The standard InChI is InChI=1S/C21H15F3N6S.C21H18N6O2S2.C19H19N7S/c22-21(23,24)14-3-4-18-17(10-14)29-19(31-18)15(11-25)16-6-9-28-20(30-16)27-8-5-13-2-1-7-26-12-13;22-13-16(20-26-18-3-1-2-4-19(18)30-20)17-10-12-25-21(27-17)24-11-9-14-5-7-15(8-6-14)31(23,28)29;20-9-7-15-8-12-22-18(21-10-3-13-25-14-4-11-23-25)26(15)19-24-16-5-1-2-6-17(16)27-19/h1-4,6-7,9-10,12,15H,5,8H2,(H,27,28,30);1-8,10,12,16H,9,11H2,(H2,23,28,29)(H,24,25,27);1-2,4-6,8,11-12,14-15H,3,7,10,13H2,(H,21,22). The third kappa shape index (κ3) is 16.3. The van der Waals surface area contributed by atoms with E-state index in [1.807, 2.05) is 88.7 Å². The van der Waals surface area contributed by atoms with Gasteiger partial charge in [-0.1, -0.05) is 53.8 Å². The molecule has 3 atom stereocenters. The highest BCUT2D eigenvalue weighted by atomic mass is 32.2. The number of fused-ring (bicyclic) bond motifs is 3. The maximum atomic E-state index is 13.0. The van der Waals surface area contributed by atoms with E-state index >= 15 is 0 Å². The zero-order valence-electron chi connectivity index (χ0n) is 46.9. The Kier molecular flexibility index (Phi) is 20.2. The molecule has 0 saturated carbocycles. The second-order valence-electron chi connectivity index (χ2n) is 19.5. The summed E-state index contributed by atoms with van der Waals surface area (Å²) in [5.74, 6) is 0.125. The lowest BCUT2D eigenvalue weighted by Crippen LogP contribution is -2.48. The molecule has 1 aliphatic rings. The summed E-state index contributed by atoms with van der Waals surface area (Å²) in [5, 5.41) is 49.4. The SMILES string of the molecule is N#CC(c1ccnc(NCCc2ccc(S(N)(=O)=O)cc2)n1)c1nc2ccccc2s1.N#CC(c1ccnc(NCCc2cccnc2)n1)c1nc2cc(C(F)(F)F)ccc2s1.N#CCC1C=CNC(=NCCCn2cccn2)N1c1nc2ccccc2s1. The number of aryl methyl sites for hydroxylation is 1. The van der Waals surface area contributed by atoms with Crippen LogP contribution in [0, 0.1) is 34.0 Å². The number of primary sulfonamides is 1. The quantitative estimate of drug-likeness (QED) is 0.0547. The molecule has 0 spiro atoms. The van der Waals surface area contributed by atoms with E-state index in [-0.39, 0.29) is 16.5 Å². The van der Waals surface area contributed by atoms with Crippen LogP contribution < -0.4 is 26.0 Å².